The zero-order valence-electron chi connectivity index (χ0n) is 10.2. The van der Waals surface area contributed by atoms with Crippen molar-refractivity contribution in [3.8, 4) is 0 Å². The fraction of sp³-hybridized carbons (Fsp3) is 0.455. The standard InChI is InChI=1S/C11H13ClN6S/c12-9-5-14-7(4-15-9)6-19-11-17-16-10(3-13)18(11)8-1-2-8/h4-5,8H,1-3,6,13H2. The first-order valence-corrected chi connectivity index (χ1v) is 7.37. The molecule has 2 aromatic heterocycles. The number of aromatic nitrogens is 5. The Balaban J connectivity index is 1.73. The van der Waals surface area contributed by atoms with E-state index in [0.29, 0.717) is 23.5 Å². The van der Waals surface area contributed by atoms with Crippen LogP contribution in [0.1, 0.15) is 30.4 Å². The maximum absolute atomic E-state index is 5.71. The summed E-state index contributed by atoms with van der Waals surface area (Å²) < 4.78 is 2.15. The fourth-order valence-electron chi connectivity index (χ4n) is 1.80. The van der Waals surface area contributed by atoms with Crippen molar-refractivity contribution in [2.45, 2.75) is 36.3 Å². The summed E-state index contributed by atoms with van der Waals surface area (Å²) >= 11 is 7.30. The van der Waals surface area contributed by atoms with Crippen LogP contribution in [-0.4, -0.2) is 24.7 Å². The van der Waals surface area contributed by atoms with Crippen LogP contribution in [0, 0.1) is 0 Å². The van der Waals surface area contributed by atoms with Crippen molar-refractivity contribution in [2.24, 2.45) is 5.73 Å². The molecule has 0 atom stereocenters. The number of halogens is 1. The van der Waals surface area contributed by atoms with Crippen molar-refractivity contribution in [2.75, 3.05) is 0 Å². The first kappa shape index (κ1) is 12.8. The van der Waals surface area contributed by atoms with E-state index in [1.54, 1.807) is 24.2 Å². The summed E-state index contributed by atoms with van der Waals surface area (Å²) in [4.78, 5) is 8.22. The second kappa shape index (κ2) is 5.44. The summed E-state index contributed by atoms with van der Waals surface area (Å²) in [7, 11) is 0. The Hall–Kier alpha value is -1.18. The molecule has 0 spiro atoms. The summed E-state index contributed by atoms with van der Waals surface area (Å²) in [6.45, 7) is 0.421. The first-order valence-electron chi connectivity index (χ1n) is 6.01. The quantitative estimate of drug-likeness (QED) is 0.847. The average molecular weight is 297 g/mol. The molecule has 0 saturated heterocycles. The minimum absolute atomic E-state index is 0.403. The predicted octanol–water partition coefficient (Wildman–Crippen LogP) is 1.81. The average Bonchev–Trinajstić information content (AvgIpc) is 3.18. The summed E-state index contributed by atoms with van der Waals surface area (Å²) in [6, 6.07) is 0.521. The highest BCUT2D eigenvalue weighted by molar-refractivity contribution is 7.98. The smallest absolute Gasteiger partial charge is 0.191 e. The molecule has 19 heavy (non-hydrogen) atoms. The second-order valence-corrected chi connectivity index (χ2v) is 5.65. The SMILES string of the molecule is NCc1nnc(SCc2cnc(Cl)cn2)n1C1CC1. The van der Waals surface area contributed by atoms with Gasteiger partial charge in [0.1, 0.15) is 11.0 Å². The van der Waals surface area contributed by atoms with E-state index in [1.165, 1.54) is 12.8 Å². The number of hydrogen-bond donors (Lipinski definition) is 1. The van der Waals surface area contributed by atoms with Gasteiger partial charge in [-0.1, -0.05) is 23.4 Å². The van der Waals surface area contributed by atoms with E-state index in [0.717, 1.165) is 16.7 Å². The van der Waals surface area contributed by atoms with Crippen molar-refractivity contribution in [1.29, 1.82) is 0 Å². The summed E-state index contributed by atoms with van der Waals surface area (Å²) in [5.74, 6) is 1.55. The van der Waals surface area contributed by atoms with Crippen LogP contribution in [0.15, 0.2) is 17.6 Å². The van der Waals surface area contributed by atoms with E-state index in [-0.39, 0.29) is 0 Å². The molecule has 100 valence electrons. The Morgan fingerprint density at radius 2 is 2.16 bits per heavy atom. The molecule has 3 rings (SSSR count). The lowest BCUT2D eigenvalue weighted by Gasteiger charge is -2.06. The molecule has 0 aromatic carbocycles. The normalized spacial score (nSPS) is 14.8. The number of rotatable bonds is 5. The van der Waals surface area contributed by atoms with Gasteiger partial charge in [0, 0.05) is 11.8 Å². The highest BCUT2D eigenvalue weighted by Crippen LogP contribution is 2.39. The number of thioether (sulfide) groups is 1. The van der Waals surface area contributed by atoms with E-state index in [4.69, 9.17) is 17.3 Å². The maximum Gasteiger partial charge on any atom is 0.191 e. The molecule has 6 nitrogen and oxygen atoms in total. The molecule has 1 fully saturated rings. The van der Waals surface area contributed by atoms with E-state index in [1.807, 2.05) is 0 Å². The van der Waals surface area contributed by atoms with Crippen LogP contribution in [0.25, 0.3) is 0 Å². The molecular weight excluding hydrogens is 284 g/mol. The van der Waals surface area contributed by atoms with Gasteiger partial charge in [-0.15, -0.1) is 10.2 Å². The number of nitrogens with zero attached hydrogens (tertiary/aromatic N) is 5. The minimum Gasteiger partial charge on any atom is -0.324 e. The highest BCUT2D eigenvalue weighted by atomic mass is 35.5. The Morgan fingerprint density at radius 1 is 1.32 bits per heavy atom. The summed E-state index contributed by atoms with van der Waals surface area (Å²) in [5, 5.41) is 9.64. The van der Waals surface area contributed by atoms with Gasteiger partial charge in [0.2, 0.25) is 0 Å². The molecule has 1 aliphatic carbocycles. The fourth-order valence-corrected chi connectivity index (χ4v) is 2.81. The van der Waals surface area contributed by atoms with E-state index < -0.39 is 0 Å². The third kappa shape index (κ3) is 2.88. The van der Waals surface area contributed by atoms with Crippen molar-refractivity contribution < 1.29 is 0 Å². The monoisotopic (exact) mass is 296 g/mol. The summed E-state index contributed by atoms with van der Waals surface area (Å²) in [6.07, 6.45) is 5.59. The Bertz CT molecular complexity index is 565. The molecule has 2 N–H and O–H groups in total. The predicted molar refractivity (Wildman–Crippen MR) is 72.8 cm³/mol. The van der Waals surface area contributed by atoms with Gasteiger partial charge in [-0.25, -0.2) is 4.98 Å². The zero-order valence-corrected chi connectivity index (χ0v) is 11.7. The van der Waals surface area contributed by atoms with E-state index in [2.05, 4.69) is 24.7 Å². The van der Waals surface area contributed by atoms with Gasteiger partial charge in [0.15, 0.2) is 5.16 Å². The van der Waals surface area contributed by atoms with Crippen LogP contribution < -0.4 is 5.73 Å². The van der Waals surface area contributed by atoms with Gasteiger partial charge in [-0.3, -0.25) is 4.98 Å². The molecule has 0 radical (unpaired) electrons. The molecule has 0 bridgehead atoms. The lowest BCUT2D eigenvalue weighted by Crippen LogP contribution is -2.08. The Morgan fingerprint density at radius 3 is 2.79 bits per heavy atom. The van der Waals surface area contributed by atoms with Gasteiger partial charge in [0.25, 0.3) is 0 Å². The zero-order chi connectivity index (χ0) is 13.2. The third-order valence-electron chi connectivity index (χ3n) is 2.85. The molecule has 0 unspecified atom stereocenters. The molecular formula is C11H13ClN6S. The number of hydrogen-bond acceptors (Lipinski definition) is 6. The van der Waals surface area contributed by atoms with Crippen LogP contribution in [0.3, 0.4) is 0 Å². The summed E-state index contributed by atoms with van der Waals surface area (Å²) in [5.41, 5.74) is 6.55. The van der Waals surface area contributed by atoms with Gasteiger partial charge in [-0.2, -0.15) is 0 Å². The largest absolute Gasteiger partial charge is 0.324 e. The minimum atomic E-state index is 0.403. The van der Waals surface area contributed by atoms with E-state index >= 15 is 0 Å². The van der Waals surface area contributed by atoms with Crippen LogP contribution in [0.4, 0.5) is 0 Å². The number of nitrogens with two attached hydrogens (primary N) is 1. The van der Waals surface area contributed by atoms with Crippen LogP contribution in [0.5, 0.6) is 0 Å². The highest BCUT2D eigenvalue weighted by Gasteiger charge is 2.29. The van der Waals surface area contributed by atoms with Crippen molar-refractivity contribution in [3.63, 3.8) is 0 Å². The van der Waals surface area contributed by atoms with Gasteiger partial charge >= 0.3 is 0 Å². The molecule has 1 aliphatic rings. The van der Waals surface area contributed by atoms with E-state index in [9.17, 15) is 0 Å². The van der Waals surface area contributed by atoms with Gasteiger partial charge in [-0.05, 0) is 12.8 Å². The van der Waals surface area contributed by atoms with Gasteiger partial charge < -0.3 is 10.3 Å². The van der Waals surface area contributed by atoms with Crippen LogP contribution in [0.2, 0.25) is 5.15 Å². The van der Waals surface area contributed by atoms with Crippen molar-refractivity contribution in [3.05, 3.63) is 29.1 Å². The van der Waals surface area contributed by atoms with Crippen LogP contribution >= 0.6 is 23.4 Å². The van der Waals surface area contributed by atoms with Crippen LogP contribution in [-0.2, 0) is 12.3 Å². The topological polar surface area (TPSA) is 82.5 Å². The lowest BCUT2D eigenvalue weighted by molar-refractivity contribution is 0.626. The molecule has 0 amide bonds. The third-order valence-corrected chi connectivity index (χ3v) is 4.02. The van der Waals surface area contributed by atoms with Gasteiger partial charge in [0.05, 0.1) is 24.6 Å². The molecule has 2 aromatic rings. The molecule has 0 aliphatic heterocycles. The lowest BCUT2D eigenvalue weighted by atomic mass is 10.5. The first-order chi connectivity index (χ1) is 9.28. The second-order valence-electron chi connectivity index (χ2n) is 4.32. The molecule has 1 saturated carbocycles. The van der Waals surface area contributed by atoms with Crippen molar-refractivity contribution in [1.82, 2.24) is 24.7 Å². The van der Waals surface area contributed by atoms with Crippen molar-refractivity contribution >= 4 is 23.4 Å². The Labute approximate surface area is 119 Å². The maximum atomic E-state index is 5.71. The Kier molecular flexibility index (Phi) is 3.67. The molecule has 8 heteroatoms. The molecule has 2 heterocycles.